The Kier molecular flexibility index (Phi) is 5.88. The monoisotopic (exact) mass is 237 g/mol. The van der Waals surface area contributed by atoms with Crippen LogP contribution in [0.15, 0.2) is 18.2 Å². The van der Waals surface area contributed by atoms with E-state index in [4.69, 9.17) is 27.5 Å². The van der Waals surface area contributed by atoms with Gasteiger partial charge >= 0.3 is 0 Å². The molecule has 1 aromatic carbocycles. The number of aliphatic hydroxyl groups excluding tert-OH is 1. The van der Waals surface area contributed by atoms with Crippen LogP contribution in [0.4, 0.5) is 0 Å². The quantitative estimate of drug-likeness (QED) is 0.752. The fourth-order valence-corrected chi connectivity index (χ4v) is 1.25. The minimum atomic E-state index is -0.233. The maximum Gasteiger partial charge on any atom is 0.134 e. The summed E-state index contributed by atoms with van der Waals surface area (Å²) in [7, 11) is 0. The zero-order valence-corrected chi connectivity index (χ0v) is 9.05. The van der Waals surface area contributed by atoms with Crippen molar-refractivity contribution in [3.63, 3.8) is 0 Å². The summed E-state index contributed by atoms with van der Waals surface area (Å²) in [6.07, 6.45) is 0.487. The van der Waals surface area contributed by atoms with Gasteiger partial charge in [-0.25, -0.2) is 0 Å². The van der Waals surface area contributed by atoms with E-state index in [1.54, 1.807) is 12.1 Å². The van der Waals surface area contributed by atoms with Gasteiger partial charge in [0.1, 0.15) is 5.75 Å². The summed E-state index contributed by atoms with van der Waals surface area (Å²) in [4.78, 5) is 0. The number of phenols is 1. The molecule has 0 aliphatic carbocycles. The molecule has 14 heavy (non-hydrogen) atoms. The Morgan fingerprint density at radius 1 is 1.43 bits per heavy atom. The van der Waals surface area contributed by atoms with Crippen molar-refractivity contribution in [3.05, 3.63) is 28.8 Å². The molecule has 1 atom stereocenters. The molecule has 1 aromatic rings. The van der Waals surface area contributed by atoms with Crippen LogP contribution in [0.25, 0.3) is 0 Å². The Morgan fingerprint density at radius 3 is 2.57 bits per heavy atom. The van der Waals surface area contributed by atoms with E-state index >= 15 is 0 Å². The second-order valence-electron chi connectivity index (χ2n) is 2.83. The van der Waals surface area contributed by atoms with Crippen LogP contribution in [0.5, 0.6) is 5.75 Å². The lowest BCUT2D eigenvalue weighted by Crippen LogP contribution is -2.11. The SMILES string of the molecule is Cl.NC(CCO)c1ccc(O)c(Cl)c1. The molecule has 0 heterocycles. The van der Waals surface area contributed by atoms with Crippen molar-refractivity contribution in [1.82, 2.24) is 0 Å². The zero-order valence-electron chi connectivity index (χ0n) is 7.48. The van der Waals surface area contributed by atoms with Crippen molar-refractivity contribution in [2.45, 2.75) is 12.5 Å². The van der Waals surface area contributed by atoms with Crippen LogP contribution < -0.4 is 5.73 Å². The molecule has 80 valence electrons. The Labute approximate surface area is 93.9 Å². The molecule has 1 unspecified atom stereocenters. The number of benzene rings is 1. The summed E-state index contributed by atoms with van der Waals surface area (Å²) < 4.78 is 0. The van der Waals surface area contributed by atoms with Crippen molar-refractivity contribution in [3.8, 4) is 5.75 Å². The second-order valence-corrected chi connectivity index (χ2v) is 3.24. The van der Waals surface area contributed by atoms with Gasteiger partial charge in [0.05, 0.1) is 5.02 Å². The van der Waals surface area contributed by atoms with Gasteiger partial charge in [-0.05, 0) is 24.1 Å². The Balaban J connectivity index is 0.00000169. The van der Waals surface area contributed by atoms with Gasteiger partial charge in [-0.2, -0.15) is 0 Å². The summed E-state index contributed by atoms with van der Waals surface area (Å²) in [6, 6.07) is 4.57. The highest BCUT2D eigenvalue weighted by Crippen LogP contribution is 2.26. The van der Waals surface area contributed by atoms with Crippen LogP contribution in [-0.4, -0.2) is 16.8 Å². The third-order valence-electron chi connectivity index (χ3n) is 1.84. The smallest absolute Gasteiger partial charge is 0.134 e. The van der Waals surface area contributed by atoms with Gasteiger partial charge in [-0.15, -0.1) is 12.4 Å². The van der Waals surface area contributed by atoms with Gasteiger partial charge in [0.2, 0.25) is 0 Å². The van der Waals surface area contributed by atoms with Crippen LogP contribution in [0, 0.1) is 0 Å². The van der Waals surface area contributed by atoms with E-state index in [9.17, 15) is 0 Å². The first kappa shape index (κ1) is 13.5. The molecule has 1 rings (SSSR count). The number of rotatable bonds is 3. The molecule has 0 radical (unpaired) electrons. The normalized spacial score (nSPS) is 11.9. The van der Waals surface area contributed by atoms with Crippen LogP contribution in [-0.2, 0) is 0 Å². The fourth-order valence-electron chi connectivity index (χ4n) is 1.06. The van der Waals surface area contributed by atoms with Crippen molar-refractivity contribution >= 4 is 24.0 Å². The van der Waals surface area contributed by atoms with Crippen LogP contribution in [0.1, 0.15) is 18.0 Å². The third-order valence-corrected chi connectivity index (χ3v) is 2.14. The molecule has 0 amide bonds. The number of halogens is 2. The van der Waals surface area contributed by atoms with Gasteiger partial charge in [0, 0.05) is 12.6 Å². The average Bonchev–Trinajstić information content (AvgIpc) is 2.10. The Hall–Kier alpha value is -0.480. The molecule has 0 bridgehead atoms. The molecular weight excluding hydrogens is 225 g/mol. The Morgan fingerprint density at radius 2 is 2.07 bits per heavy atom. The summed E-state index contributed by atoms with van der Waals surface area (Å²) in [5, 5.41) is 18.1. The minimum absolute atomic E-state index is 0. The predicted molar refractivity (Wildman–Crippen MR) is 59.0 cm³/mol. The number of aromatic hydroxyl groups is 1. The predicted octanol–water partition coefficient (Wildman–Crippen LogP) is 1.85. The molecule has 0 aliphatic rings. The first-order valence-electron chi connectivity index (χ1n) is 4.00. The number of phenolic OH excluding ortho intramolecular Hbond substituents is 1. The molecule has 4 N–H and O–H groups in total. The summed E-state index contributed by atoms with van der Waals surface area (Å²) in [6.45, 7) is 0.0413. The summed E-state index contributed by atoms with van der Waals surface area (Å²) in [5.41, 5.74) is 6.54. The molecular formula is C9H13Cl2NO2. The van der Waals surface area contributed by atoms with E-state index in [1.807, 2.05) is 0 Å². The van der Waals surface area contributed by atoms with E-state index in [0.717, 1.165) is 5.56 Å². The highest BCUT2D eigenvalue weighted by atomic mass is 35.5. The highest BCUT2D eigenvalue weighted by Gasteiger charge is 2.07. The molecule has 0 spiro atoms. The van der Waals surface area contributed by atoms with Gasteiger partial charge in [0.25, 0.3) is 0 Å². The lowest BCUT2D eigenvalue weighted by Gasteiger charge is -2.10. The molecule has 0 saturated carbocycles. The molecule has 0 fully saturated rings. The largest absolute Gasteiger partial charge is 0.506 e. The second kappa shape index (κ2) is 6.09. The summed E-state index contributed by atoms with van der Waals surface area (Å²) >= 11 is 5.69. The average molecular weight is 238 g/mol. The lowest BCUT2D eigenvalue weighted by atomic mass is 10.1. The topological polar surface area (TPSA) is 66.5 Å². The van der Waals surface area contributed by atoms with Crippen molar-refractivity contribution in [1.29, 1.82) is 0 Å². The van der Waals surface area contributed by atoms with Gasteiger partial charge in [-0.3, -0.25) is 0 Å². The Bertz CT molecular complexity index is 294. The van der Waals surface area contributed by atoms with E-state index in [0.29, 0.717) is 6.42 Å². The van der Waals surface area contributed by atoms with Crippen LogP contribution >= 0.6 is 24.0 Å². The highest BCUT2D eigenvalue weighted by molar-refractivity contribution is 6.32. The fraction of sp³-hybridized carbons (Fsp3) is 0.333. The maximum atomic E-state index is 9.13. The van der Waals surface area contributed by atoms with Crippen LogP contribution in [0.3, 0.4) is 0 Å². The molecule has 0 aromatic heterocycles. The van der Waals surface area contributed by atoms with Gasteiger partial charge in [-0.1, -0.05) is 17.7 Å². The molecule has 0 saturated heterocycles. The third kappa shape index (κ3) is 3.35. The van der Waals surface area contributed by atoms with Crippen molar-refractivity contribution in [2.24, 2.45) is 5.73 Å². The van der Waals surface area contributed by atoms with Crippen molar-refractivity contribution in [2.75, 3.05) is 6.61 Å². The molecule has 0 aliphatic heterocycles. The van der Waals surface area contributed by atoms with E-state index in [-0.39, 0.29) is 35.8 Å². The van der Waals surface area contributed by atoms with Crippen LogP contribution in [0.2, 0.25) is 5.02 Å². The standard InChI is InChI=1S/C9H12ClNO2.ClH/c10-7-5-6(1-2-9(7)13)8(11)3-4-12;/h1-2,5,8,12-13H,3-4,11H2;1H. The number of aliphatic hydroxyl groups is 1. The summed E-state index contributed by atoms with van der Waals surface area (Å²) in [5.74, 6) is 0.0432. The number of nitrogens with two attached hydrogens (primary N) is 1. The molecule has 3 nitrogen and oxygen atoms in total. The van der Waals surface area contributed by atoms with E-state index in [1.165, 1.54) is 6.07 Å². The lowest BCUT2D eigenvalue weighted by molar-refractivity contribution is 0.276. The van der Waals surface area contributed by atoms with Gasteiger partial charge < -0.3 is 15.9 Å². The number of hydrogen-bond acceptors (Lipinski definition) is 3. The number of hydrogen-bond donors (Lipinski definition) is 3. The van der Waals surface area contributed by atoms with Crippen molar-refractivity contribution < 1.29 is 10.2 Å². The maximum absolute atomic E-state index is 9.13. The van der Waals surface area contributed by atoms with Gasteiger partial charge in [0.15, 0.2) is 0 Å². The minimum Gasteiger partial charge on any atom is -0.506 e. The zero-order chi connectivity index (χ0) is 9.84. The first-order chi connectivity index (χ1) is 6.15. The van der Waals surface area contributed by atoms with E-state index < -0.39 is 0 Å². The van der Waals surface area contributed by atoms with E-state index in [2.05, 4.69) is 0 Å². The first-order valence-corrected chi connectivity index (χ1v) is 4.38. The molecule has 5 heteroatoms.